The van der Waals surface area contributed by atoms with Gasteiger partial charge in [-0.1, -0.05) is 20.3 Å². The topological polar surface area (TPSA) is 93.8 Å². The van der Waals surface area contributed by atoms with Gasteiger partial charge in [0.25, 0.3) is 0 Å². The van der Waals surface area contributed by atoms with Crippen LogP contribution in [-0.4, -0.2) is 49.7 Å². The Labute approximate surface area is 121 Å². The summed E-state index contributed by atoms with van der Waals surface area (Å²) in [5.41, 5.74) is 5.47. The normalized spacial score (nSPS) is 20.8. The van der Waals surface area contributed by atoms with E-state index in [1.54, 1.807) is 0 Å². The third-order valence-corrected chi connectivity index (χ3v) is 3.34. The molecule has 0 radical (unpaired) electrons. The Bertz CT molecular complexity index is 287. The van der Waals surface area contributed by atoms with Crippen molar-refractivity contribution in [1.82, 2.24) is 5.32 Å². The number of rotatable bonds is 9. The Kier molecular flexibility index (Phi) is 7.43. The van der Waals surface area contributed by atoms with E-state index in [1.807, 2.05) is 0 Å². The Balaban J connectivity index is 2.19. The molecule has 1 rings (SSSR count). The molecule has 1 saturated heterocycles. The van der Waals surface area contributed by atoms with E-state index in [2.05, 4.69) is 19.2 Å². The van der Waals surface area contributed by atoms with Crippen molar-refractivity contribution >= 4 is 5.97 Å². The van der Waals surface area contributed by atoms with Crippen LogP contribution in [0.15, 0.2) is 0 Å². The molecule has 0 aliphatic carbocycles. The highest BCUT2D eigenvalue weighted by Gasteiger charge is 2.28. The lowest BCUT2D eigenvalue weighted by Crippen LogP contribution is -2.41. The van der Waals surface area contributed by atoms with Crippen molar-refractivity contribution < 1.29 is 19.4 Å². The first kappa shape index (κ1) is 17.4. The van der Waals surface area contributed by atoms with Gasteiger partial charge in [-0.25, -0.2) is 0 Å². The van der Waals surface area contributed by atoms with Crippen molar-refractivity contribution in [1.29, 1.82) is 0 Å². The minimum Gasteiger partial charge on any atom is -0.480 e. The lowest BCUT2D eigenvalue weighted by Gasteiger charge is -2.34. The van der Waals surface area contributed by atoms with Gasteiger partial charge >= 0.3 is 5.97 Å². The number of unbranched alkanes of at least 4 members (excludes halogenated alkanes) is 1. The second-order valence-corrected chi connectivity index (χ2v) is 6.13. The first-order valence-corrected chi connectivity index (χ1v) is 7.34. The highest BCUT2D eigenvalue weighted by molar-refractivity contribution is 5.73. The van der Waals surface area contributed by atoms with Crippen molar-refractivity contribution in [3.63, 3.8) is 0 Å². The van der Waals surface area contributed by atoms with Crippen LogP contribution >= 0.6 is 0 Å². The highest BCUT2D eigenvalue weighted by atomic mass is 16.7. The zero-order valence-corrected chi connectivity index (χ0v) is 12.6. The molecular weight excluding hydrogens is 260 g/mol. The second-order valence-electron chi connectivity index (χ2n) is 6.13. The van der Waals surface area contributed by atoms with Crippen LogP contribution in [0.4, 0.5) is 0 Å². The van der Waals surface area contributed by atoms with Gasteiger partial charge in [-0.15, -0.1) is 0 Å². The van der Waals surface area contributed by atoms with Crippen LogP contribution < -0.4 is 11.1 Å². The van der Waals surface area contributed by atoms with Gasteiger partial charge in [0, 0.05) is 18.4 Å². The molecule has 1 aliphatic rings. The third kappa shape index (κ3) is 6.65. The molecule has 0 amide bonds. The van der Waals surface area contributed by atoms with Crippen molar-refractivity contribution in [3.05, 3.63) is 0 Å². The molecule has 0 bridgehead atoms. The number of nitrogens with two attached hydrogens (primary N) is 1. The summed E-state index contributed by atoms with van der Waals surface area (Å²) in [4.78, 5) is 11.1. The number of nitrogens with one attached hydrogen (secondary N) is 1. The molecule has 118 valence electrons. The van der Waals surface area contributed by atoms with Crippen LogP contribution in [0.1, 0.15) is 39.5 Å². The van der Waals surface area contributed by atoms with E-state index >= 15 is 0 Å². The molecule has 0 aromatic heterocycles. The van der Waals surface area contributed by atoms with E-state index in [-0.39, 0.29) is 11.7 Å². The molecule has 1 fully saturated rings. The van der Waals surface area contributed by atoms with E-state index in [9.17, 15) is 4.79 Å². The van der Waals surface area contributed by atoms with Gasteiger partial charge in [0.05, 0.1) is 13.2 Å². The summed E-state index contributed by atoms with van der Waals surface area (Å²) < 4.78 is 11.2. The number of ether oxygens (including phenoxy) is 2. The first-order valence-electron chi connectivity index (χ1n) is 7.34. The van der Waals surface area contributed by atoms with Gasteiger partial charge < -0.3 is 25.6 Å². The fourth-order valence-electron chi connectivity index (χ4n) is 2.07. The predicted molar refractivity (Wildman–Crippen MR) is 76.4 cm³/mol. The molecule has 0 saturated carbocycles. The molecule has 6 nitrogen and oxygen atoms in total. The Morgan fingerprint density at radius 3 is 2.60 bits per heavy atom. The quantitative estimate of drug-likeness (QED) is 0.547. The van der Waals surface area contributed by atoms with Crippen molar-refractivity contribution in [2.24, 2.45) is 11.1 Å². The standard InChI is InChI=1S/C14H28N2O4/c1-14(2)9-19-12(20-10-14)6-8-16-11(13(17)18)5-3-4-7-15/h11-12,16H,3-10,15H2,1-2H3,(H,17,18)/t11-/m0/s1. The van der Waals surface area contributed by atoms with Gasteiger partial charge in [0.15, 0.2) is 6.29 Å². The van der Waals surface area contributed by atoms with Crippen molar-refractivity contribution in [3.8, 4) is 0 Å². The van der Waals surface area contributed by atoms with Crippen LogP contribution in [0, 0.1) is 5.41 Å². The van der Waals surface area contributed by atoms with E-state index in [0.29, 0.717) is 39.1 Å². The van der Waals surface area contributed by atoms with Gasteiger partial charge in [-0.3, -0.25) is 4.79 Å². The zero-order valence-electron chi connectivity index (χ0n) is 12.6. The predicted octanol–water partition coefficient (Wildman–Crippen LogP) is 0.947. The Hall–Kier alpha value is -0.690. The largest absolute Gasteiger partial charge is 0.480 e. The molecule has 0 spiro atoms. The molecule has 6 heteroatoms. The summed E-state index contributed by atoms with van der Waals surface area (Å²) in [6, 6.07) is -0.512. The Morgan fingerprint density at radius 2 is 2.05 bits per heavy atom. The lowest BCUT2D eigenvalue weighted by molar-refractivity contribution is -0.223. The van der Waals surface area contributed by atoms with E-state index in [4.69, 9.17) is 20.3 Å². The molecule has 20 heavy (non-hydrogen) atoms. The summed E-state index contributed by atoms with van der Waals surface area (Å²) in [6.07, 6.45) is 2.72. The maximum Gasteiger partial charge on any atom is 0.320 e. The second kappa shape index (κ2) is 8.56. The molecule has 1 heterocycles. The maximum absolute atomic E-state index is 11.1. The third-order valence-electron chi connectivity index (χ3n) is 3.34. The number of hydrogen-bond acceptors (Lipinski definition) is 5. The van der Waals surface area contributed by atoms with Crippen LogP contribution in [0.5, 0.6) is 0 Å². The molecule has 1 aliphatic heterocycles. The average molecular weight is 288 g/mol. The molecule has 0 aromatic rings. The molecular formula is C14H28N2O4. The van der Waals surface area contributed by atoms with E-state index in [0.717, 1.165) is 12.8 Å². The zero-order chi connectivity index (χ0) is 15.0. The summed E-state index contributed by atoms with van der Waals surface area (Å²) in [5, 5.41) is 12.2. The number of hydrogen-bond donors (Lipinski definition) is 3. The van der Waals surface area contributed by atoms with Crippen LogP contribution in [0.3, 0.4) is 0 Å². The maximum atomic E-state index is 11.1. The minimum absolute atomic E-state index is 0.0652. The van der Waals surface area contributed by atoms with Crippen molar-refractivity contribution in [2.45, 2.75) is 51.9 Å². The van der Waals surface area contributed by atoms with Crippen molar-refractivity contribution in [2.75, 3.05) is 26.3 Å². The minimum atomic E-state index is -0.811. The summed E-state index contributed by atoms with van der Waals surface area (Å²) in [5.74, 6) is -0.811. The lowest BCUT2D eigenvalue weighted by atomic mass is 9.95. The summed E-state index contributed by atoms with van der Waals surface area (Å²) in [7, 11) is 0. The van der Waals surface area contributed by atoms with Gasteiger partial charge in [-0.05, 0) is 19.4 Å². The number of carbonyl (C=O) groups is 1. The van der Waals surface area contributed by atoms with E-state index < -0.39 is 12.0 Å². The SMILES string of the molecule is CC1(C)COC(CCN[C@@H](CCCCN)C(=O)O)OC1. The number of carboxylic acids is 1. The number of aliphatic carboxylic acids is 1. The fraction of sp³-hybridized carbons (Fsp3) is 0.929. The van der Waals surface area contributed by atoms with Gasteiger partial charge in [0.2, 0.25) is 0 Å². The average Bonchev–Trinajstić information content (AvgIpc) is 2.38. The molecule has 0 unspecified atom stereocenters. The fourth-order valence-corrected chi connectivity index (χ4v) is 2.07. The summed E-state index contributed by atoms with van der Waals surface area (Å²) in [6.45, 7) is 6.72. The molecule has 4 N–H and O–H groups in total. The van der Waals surface area contributed by atoms with Gasteiger partial charge in [-0.2, -0.15) is 0 Å². The van der Waals surface area contributed by atoms with Crippen LogP contribution in [0.2, 0.25) is 0 Å². The van der Waals surface area contributed by atoms with Crippen LogP contribution in [0.25, 0.3) is 0 Å². The monoisotopic (exact) mass is 288 g/mol. The van der Waals surface area contributed by atoms with Crippen LogP contribution in [-0.2, 0) is 14.3 Å². The first-order chi connectivity index (χ1) is 9.44. The number of carboxylic acid groups (broad SMARTS) is 1. The smallest absolute Gasteiger partial charge is 0.320 e. The Morgan fingerprint density at radius 1 is 1.40 bits per heavy atom. The van der Waals surface area contributed by atoms with E-state index in [1.165, 1.54) is 0 Å². The summed E-state index contributed by atoms with van der Waals surface area (Å²) >= 11 is 0. The molecule has 0 aromatic carbocycles. The highest BCUT2D eigenvalue weighted by Crippen LogP contribution is 2.23. The molecule has 1 atom stereocenters. The van der Waals surface area contributed by atoms with Gasteiger partial charge in [0.1, 0.15) is 6.04 Å².